The van der Waals surface area contributed by atoms with Gasteiger partial charge in [-0.15, -0.1) is 0 Å². The predicted octanol–water partition coefficient (Wildman–Crippen LogP) is 3.47. The van der Waals surface area contributed by atoms with E-state index in [4.69, 9.17) is 14.1 Å². The molecule has 122 valence electrons. The SMILES string of the molecule is CC(Oc1ccc(Br)cc1-c1ccno1)C(=O)NOC1CCC1. The lowest BCUT2D eigenvalue weighted by Crippen LogP contribution is -2.40. The molecule has 1 unspecified atom stereocenters. The quantitative estimate of drug-likeness (QED) is 0.776. The van der Waals surface area contributed by atoms with Crippen LogP contribution in [0.2, 0.25) is 0 Å². The largest absolute Gasteiger partial charge is 0.480 e. The van der Waals surface area contributed by atoms with Gasteiger partial charge in [-0.3, -0.25) is 9.63 Å². The Bertz CT molecular complexity index is 671. The first-order valence-corrected chi connectivity index (χ1v) is 8.25. The minimum Gasteiger partial charge on any atom is -0.480 e. The van der Waals surface area contributed by atoms with Gasteiger partial charge in [0.25, 0.3) is 5.91 Å². The van der Waals surface area contributed by atoms with Crippen molar-refractivity contribution in [3.8, 4) is 17.1 Å². The third kappa shape index (κ3) is 3.92. The summed E-state index contributed by atoms with van der Waals surface area (Å²) in [5, 5.41) is 3.70. The number of hydrogen-bond donors (Lipinski definition) is 1. The molecule has 1 atom stereocenters. The van der Waals surface area contributed by atoms with Crippen LogP contribution in [-0.2, 0) is 9.63 Å². The third-order valence-electron chi connectivity index (χ3n) is 3.70. The summed E-state index contributed by atoms with van der Waals surface area (Å²) in [6.07, 6.45) is 4.10. The summed E-state index contributed by atoms with van der Waals surface area (Å²) in [6.45, 7) is 1.67. The molecule has 1 N–H and O–H groups in total. The summed E-state index contributed by atoms with van der Waals surface area (Å²) >= 11 is 3.42. The molecule has 0 saturated heterocycles. The Kier molecular flexibility index (Phi) is 4.97. The van der Waals surface area contributed by atoms with Gasteiger partial charge in [0, 0.05) is 10.5 Å². The summed E-state index contributed by atoms with van der Waals surface area (Å²) < 4.78 is 11.8. The fraction of sp³-hybridized carbons (Fsp3) is 0.375. The average Bonchev–Trinajstić information content (AvgIpc) is 3.01. The zero-order valence-electron chi connectivity index (χ0n) is 12.6. The first-order valence-electron chi connectivity index (χ1n) is 7.46. The topological polar surface area (TPSA) is 73.6 Å². The van der Waals surface area contributed by atoms with Crippen molar-refractivity contribution in [2.75, 3.05) is 0 Å². The fourth-order valence-electron chi connectivity index (χ4n) is 2.11. The van der Waals surface area contributed by atoms with Crippen molar-refractivity contribution in [3.63, 3.8) is 0 Å². The summed E-state index contributed by atoms with van der Waals surface area (Å²) in [4.78, 5) is 17.4. The number of hydrogen-bond acceptors (Lipinski definition) is 5. The highest BCUT2D eigenvalue weighted by atomic mass is 79.9. The van der Waals surface area contributed by atoms with Gasteiger partial charge in [0.1, 0.15) is 5.75 Å². The van der Waals surface area contributed by atoms with E-state index in [1.54, 1.807) is 25.3 Å². The van der Waals surface area contributed by atoms with Crippen LogP contribution < -0.4 is 10.2 Å². The van der Waals surface area contributed by atoms with E-state index in [0.29, 0.717) is 11.5 Å². The van der Waals surface area contributed by atoms with Gasteiger partial charge in [0.15, 0.2) is 11.9 Å². The molecule has 1 fully saturated rings. The molecule has 7 heteroatoms. The second-order valence-corrected chi connectivity index (χ2v) is 6.33. The number of nitrogens with zero attached hydrogens (tertiary/aromatic N) is 1. The molecular weight excluding hydrogens is 364 g/mol. The summed E-state index contributed by atoms with van der Waals surface area (Å²) in [6, 6.07) is 7.20. The molecule has 3 rings (SSSR count). The van der Waals surface area contributed by atoms with Gasteiger partial charge in [0.2, 0.25) is 0 Å². The lowest BCUT2D eigenvalue weighted by atomic mass is 9.97. The summed E-state index contributed by atoms with van der Waals surface area (Å²) in [5.74, 6) is 0.791. The van der Waals surface area contributed by atoms with Crippen molar-refractivity contribution < 1.29 is 18.9 Å². The molecule has 1 heterocycles. The molecule has 0 radical (unpaired) electrons. The molecule has 23 heavy (non-hydrogen) atoms. The Balaban J connectivity index is 1.67. The Morgan fingerprint density at radius 2 is 2.26 bits per heavy atom. The van der Waals surface area contributed by atoms with E-state index in [1.807, 2.05) is 12.1 Å². The van der Waals surface area contributed by atoms with Crippen molar-refractivity contribution in [2.45, 2.75) is 38.4 Å². The number of aromatic nitrogens is 1. The zero-order valence-corrected chi connectivity index (χ0v) is 14.2. The van der Waals surface area contributed by atoms with Crippen molar-refractivity contribution >= 4 is 21.8 Å². The highest BCUT2D eigenvalue weighted by Crippen LogP contribution is 2.33. The Morgan fingerprint density at radius 1 is 1.43 bits per heavy atom. The third-order valence-corrected chi connectivity index (χ3v) is 4.19. The van der Waals surface area contributed by atoms with Gasteiger partial charge in [-0.2, -0.15) is 0 Å². The van der Waals surface area contributed by atoms with Crippen molar-refractivity contribution in [1.82, 2.24) is 10.6 Å². The van der Waals surface area contributed by atoms with Gasteiger partial charge >= 0.3 is 0 Å². The van der Waals surface area contributed by atoms with E-state index in [1.165, 1.54) is 0 Å². The maximum atomic E-state index is 12.1. The number of rotatable bonds is 6. The number of benzene rings is 1. The van der Waals surface area contributed by atoms with Crippen molar-refractivity contribution in [2.24, 2.45) is 0 Å². The number of carbonyl (C=O) groups is 1. The molecular formula is C16H17BrN2O4. The number of hydroxylamine groups is 1. The molecule has 1 aliphatic rings. The molecule has 0 spiro atoms. The maximum absolute atomic E-state index is 12.1. The normalized spacial score (nSPS) is 15.7. The van der Waals surface area contributed by atoms with E-state index in [2.05, 4.69) is 26.6 Å². The second-order valence-electron chi connectivity index (χ2n) is 5.41. The summed E-state index contributed by atoms with van der Waals surface area (Å²) in [7, 11) is 0. The number of amides is 1. The molecule has 1 aliphatic carbocycles. The average molecular weight is 381 g/mol. The number of nitrogens with one attached hydrogen (secondary N) is 1. The second kappa shape index (κ2) is 7.14. The van der Waals surface area contributed by atoms with E-state index in [9.17, 15) is 4.79 Å². The minimum absolute atomic E-state index is 0.128. The molecule has 1 amide bonds. The number of ether oxygens (including phenoxy) is 1. The van der Waals surface area contributed by atoms with Crippen LogP contribution in [0.25, 0.3) is 11.3 Å². The minimum atomic E-state index is -0.696. The smallest absolute Gasteiger partial charge is 0.284 e. The van der Waals surface area contributed by atoms with Gasteiger partial charge in [-0.1, -0.05) is 21.1 Å². The zero-order chi connectivity index (χ0) is 16.2. The van der Waals surface area contributed by atoms with Crippen LogP contribution in [0.1, 0.15) is 26.2 Å². The molecule has 1 aromatic carbocycles. The maximum Gasteiger partial charge on any atom is 0.284 e. The van der Waals surface area contributed by atoms with Crippen LogP contribution >= 0.6 is 15.9 Å². The van der Waals surface area contributed by atoms with Crippen LogP contribution in [0.15, 0.2) is 39.5 Å². The van der Waals surface area contributed by atoms with Crippen LogP contribution in [0.4, 0.5) is 0 Å². The number of halogens is 1. The standard InChI is InChI=1S/C16H17BrN2O4/c1-10(16(20)19-22-12-3-2-4-12)21-14-6-5-11(17)9-13(14)15-7-8-18-23-15/h5-10,12H,2-4H2,1H3,(H,19,20). The fourth-order valence-corrected chi connectivity index (χ4v) is 2.47. The highest BCUT2D eigenvalue weighted by molar-refractivity contribution is 9.10. The van der Waals surface area contributed by atoms with E-state index >= 15 is 0 Å². The Morgan fingerprint density at radius 3 is 2.91 bits per heavy atom. The first kappa shape index (κ1) is 16.0. The molecule has 2 aromatic rings. The monoisotopic (exact) mass is 380 g/mol. The van der Waals surface area contributed by atoms with E-state index in [0.717, 1.165) is 29.3 Å². The van der Waals surface area contributed by atoms with Crippen LogP contribution in [0, 0.1) is 0 Å². The first-order chi connectivity index (χ1) is 11.1. The van der Waals surface area contributed by atoms with E-state index < -0.39 is 6.10 Å². The molecule has 0 bridgehead atoms. The van der Waals surface area contributed by atoms with Gasteiger partial charge in [0.05, 0.1) is 17.9 Å². The molecule has 1 aromatic heterocycles. The van der Waals surface area contributed by atoms with Crippen LogP contribution in [0.3, 0.4) is 0 Å². The lowest BCUT2D eigenvalue weighted by Gasteiger charge is -2.25. The van der Waals surface area contributed by atoms with Crippen LogP contribution in [-0.4, -0.2) is 23.3 Å². The Labute approximate surface area is 142 Å². The van der Waals surface area contributed by atoms with Gasteiger partial charge < -0.3 is 9.26 Å². The molecule has 1 saturated carbocycles. The summed E-state index contributed by atoms with van der Waals surface area (Å²) in [5.41, 5.74) is 3.18. The number of carbonyl (C=O) groups excluding carboxylic acids is 1. The highest BCUT2D eigenvalue weighted by Gasteiger charge is 2.22. The van der Waals surface area contributed by atoms with Crippen molar-refractivity contribution in [3.05, 3.63) is 34.9 Å². The van der Waals surface area contributed by atoms with Crippen molar-refractivity contribution in [1.29, 1.82) is 0 Å². The van der Waals surface area contributed by atoms with Gasteiger partial charge in [-0.25, -0.2) is 5.48 Å². The predicted molar refractivity (Wildman–Crippen MR) is 86.6 cm³/mol. The lowest BCUT2D eigenvalue weighted by molar-refractivity contribution is -0.149. The molecule has 6 nitrogen and oxygen atoms in total. The van der Waals surface area contributed by atoms with Crippen LogP contribution in [0.5, 0.6) is 5.75 Å². The Hall–Kier alpha value is -1.86. The molecule has 0 aliphatic heterocycles. The van der Waals surface area contributed by atoms with Gasteiger partial charge in [-0.05, 0) is 44.4 Å². The van der Waals surface area contributed by atoms with E-state index in [-0.39, 0.29) is 12.0 Å².